The number of imide groups is 1. The van der Waals surface area contributed by atoms with Crippen LogP contribution < -0.4 is 5.32 Å². The molecule has 1 saturated heterocycles. The number of thioether (sulfide) groups is 1. The van der Waals surface area contributed by atoms with E-state index in [0.717, 1.165) is 17.3 Å². The van der Waals surface area contributed by atoms with Gasteiger partial charge in [-0.3, -0.25) is 14.9 Å². The molecule has 3 rings (SSSR count). The zero-order chi connectivity index (χ0) is 13.2. The van der Waals surface area contributed by atoms with Gasteiger partial charge in [0.1, 0.15) is 5.76 Å². The Kier molecular flexibility index (Phi) is 4.97. The fourth-order valence-corrected chi connectivity index (χ4v) is 2.33. The van der Waals surface area contributed by atoms with E-state index >= 15 is 0 Å². The molecular weight excluding hydrogens is 351 g/mol. The molecule has 0 saturated carbocycles. The fraction of sp³-hybridized carbons (Fsp3) is 0. The Balaban J connectivity index is 0.00000147. The third-order valence-corrected chi connectivity index (χ3v) is 3.33. The smallest absolute Gasteiger partial charge is 0.290 e. The number of carbonyl (C=O) groups is 2. The van der Waals surface area contributed by atoms with Gasteiger partial charge in [-0.05, 0) is 23.9 Å². The predicted molar refractivity (Wildman–Crippen MR) is 72.1 cm³/mol. The minimum absolute atomic E-state index is 0. The van der Waals surface area contributed by atoms with Crippen molar-refractivity contribution in [2.75, 3.05) is 0 Å². The summed E-state index contributed by atoms with van der Waals surface area (Å²) >= 11 is 0.867. The largest absolute Gasteiger partial charge is 0.501 e. The van der Waals surface area contributed by atoms with Crippen molar-refractivity contribution in [3.63, 3.8) is 0 Å². The third kappa shape index (κ3) is 3.29. The Morgan fingerprint density at radius 1 is 1.20 bits per heavy atom. The molecule has 97 valence electrons. The topological polar surface area (TPSA) is 59.3 Å². The summed E-state index contributed by atoms with van der Waals surface area (Å²) < 4.78 is 5.60. The van der Waals surface area contributed by atoms with Gasteiger partial charge in [-0.2, -0.15) is 0 Å². The molecule has 1 aromatic heterocycles. The van der Waals surface area contributed by atoms with Crippen LogP contribution in [0, 0.1) is 6.07 Å². The summed E-state index contributed by atoms with van der Waals surface area (Å²) in [5.74, 6) is 0.806. The molecule has 2 heterocycles. The molecule has 1 aliphatic heterocycles. The molecule has 0 bridgehead atoms. The van der Waals surface area contributed by atoms with E-state index in [4.69, 9.17) is 4.42 Å². The molecule has 4 nitrogen and oxygen atoms in total. The van der Waals surface area contributed by atoms with Crippen molar-refractivity contribution in [2.45, 2.75) is 0 Å². The molecule has 1 aromatic carbocycles. The Morgan fingerprint density at radius 2 is 2.05 bits per heavy atom. The van der Waals surface area contributed by atoms with Gasteiger partial charge in [-0.25, -0.2) is 0 Å². The molecule has 0 aliphatic carbocycles. The first kappa shape index (κ1) is 15.2. The zero-order valence-electron chi connectivity index (χ0n) is 10.3. The average Bonchev–Trinajstić information content (AvgIpc) is 2.99. The molecule has 0 atom stereocenters. The van der Waals surface area contributed by atoms with E-state index in [9.17, 15) is 9.59 Å². The van der Waals surface area contributed by atoms with E-state index in [2.05, 4.69) is 11.4 Å². The SMILES string of the molecule is O=C1NC(=O)/C(=C/c2ccc(-c3[c-]cccc3)o2)S1.[Y]. The van der Waals surface area contributed by atoms with Crippen LogP contribution in [-0.4, -0.2) is 11.1 Å². The van der Waals surface area contributed by atoms with Gasteiger partial charge in [-0.1, -0.05) is 6.07 Å². The molecule has 0 spiro atoms. The van der Waals surface area contributed by atoms with Gasteiger partial charge in [0, 0.05) is 32.7 Å². The van der Waals surface area contributed by atoms with Gasteiger partial charge in [0.25, 0.3) is 11.1 Å². The first-order valence-corrected chi connectivity index (χ1v) is 6.36. The number of rotatable bonds is 2. The number of furan rings is 1. The average molecular weight is 359 g/mol. The maximum absolute atomic E-state index is 11.4. The van der Waals surface area contributed by atoms with Crippen molar-refractivity contribution in [1.82, 2.24) is 5.32 Å². The van der Waals surface area contributed by atoms with Crippen LogP contribution in [0.3, 0.4) is 0 Å². The van der Waals surface area contributed by atoms with Gasteiger partial charge in [0.05, 0.1) is 10.7 Å². The quantitative estimate of drug-likeness (QED) is 0.661. The number of hydrogen-bond donors (Lipinski definition) is 1. The number of carbonyl (C=O) groups excluding carboxylic acids is 2. The van der Waals surface area contributed by atoms with Crippen LogP contribution >= 0.6 is 11.8 Å². The fourth-order valence-electron chi connectivity index (χ4n) is 1.67. The Labute approximate surface area is 144 Å². The summed E-state index contributed by atoms with van der Waals surface area (Å²) in [6.45, 7) is 0. The number of nitrogens with one attached hydrogen (secondary N) is 1. The summed E-state index contributed by atoms with van der Waals surface area (Å²) in [5, 5.41) is 1.83. The van der Waals surface area contributed by atoms with Crippen LogP contribution in [0.2, 0.25) is 0 Å². The van der Waals surface area contributed by atoms with Crippen molar-refractivity contribution in [3.05, 3.63) is 53.1 Å². The molecule has 1 radical (unpaired) electrons. The normalized spacial score (nSPS) is 16.1. The second kappa shape index (κ2) is 6.52. The summed E-state index contributed by atoms with van der Waals surface area (Å²) in [6.07, 6.45) is 1.55. The Morgan fingerprint density at radius 3 is 2.70 bits per heavy atom. The van der Waals surface area contributed by atoms with E-state index in [-0.39, 0.29) is 43.9 Å². The molecule has 0 unspecified atom stereocenters. The van der Waals surface area contributed by atoms with E-state index in [1.165, 1.54) is 0 Å². The molecule has 1 aliphatic rings. The van der Waals surface area contributed by atoms with Crippen LogP contribution in [-0.2, 0) is 37.5 Å². The van der Waals surface area contributed by atoms with Crippen molar-refractivity contribution in [2.24, 2.45) is 0 Å². The van der Waals surface area contributed by atoms with Gasteiger partial charge in [-0.15, -0.1) is 35.9 Å². The van der Waals surface area contributed by atoms with Crippen molar-refractivity contribution < 1.29 is 46.7 Å². The minimum atomic E-state index is -0.390. The van der Waals surface area contributed by atoms with E-state index in [1.54, 1.807) is 24.3 Å². The molecule has 2 aromatic rings. The number of benzene rings is 1. The van der Waals surface area contributed by atoms with Crippen LogP contribution in [0.25, 0.3) is 17.4 Å². The van der Waals surface area contributed by atoms with Crippen LogP contribution in [0.1, 0.15) is 5.76 Å². The van der Waals surface area contributed by atoms with Crippen molar-refractivity contribution in [3.8, 4) is 11.3 Å². The maximum atomic E-state index is 11.4. The van der Waals surface area contributed by atoms with E-state index < -0.39 is 0 Å². The summed E-state index contributed by atoms with van der Waals surface area (Å²) in [4.78, 5) is 22.8. The molecule has 2 amide bonds. The van der Waals surface area contributed by atoms with E-state index in [1.807, 2.05) is 18.2 Å². The molecule has 20 heavy (non-hydrogen) atoms. The Hall–Kier alpha value is -1.17. The summed E-state index contributed by atoms with van der Waals surface area (Å²) in [5.41, 5.74) is 0.840. The minimum Gasteiger partial charge on any atom is -0.501 e. The van der Waals surface area contributed by atoms with E-state index in [0.29, 0.717) is 16.4 Å². The molecule has 1 N–H and O–H groups in total. The standard InChI is InChI=1S/C14H8NO3S.Y/c16-13-12(19-14(17)15-13)8-10-6-7-11(18-10)9-4-2-1-3-5-9;/h1-4,6-8H,(H,15,16,17);/q-1;/b12-8-;. The first-order chi connectivity index (χ1) is 9.22. The zero-order valence-corrected chi connectivity index (χ0v) is 13.9. The second-order valence-electron chi connectivity index (χ2n) is 3.83. The van der Waals surface area contributed by atoms with Crippen LogP contribution in [0.15, 0.2) is 45.7 Å². The molecule has 1 fully saturated rings. The summed E-state index contributed by atoms with van der Waals surface area (Å²) in [6, 6.07) is 14.1. The second-order valence-corrected chi connectivity index (χ2v) is 4.85. The van der Waals surface area contributed by atoms with Crippen LogP contribution in [0.5, 0.6) is 0 Å². The third-order valence-electron chi connectivity index (χ3n) is 2.52. The first-order valence-electron chi connectivity index (χ1n) is 5.54. The predicted octanol–water partition coefficient (Wildman–Crippen LogP) is 3.07. The van der Waals surface area contributed by atoms with Gasteiger partial charge >= 0.3 is 0 Å². The van der Waals surface area contributed by atoms with Crippen LogP contribution in [0.4, 0.5) is 4.79 Å². The maximum Gasteiger partial charge on any atom is 0.290 e. The Bertz CT molecular complexity index is 679. The van der Waals surface area contributed by atoms with Gasteiger partial charge < -0.3 is 4.42 Å². The van der Waals surface area contributed by atoms with Gasteiger partial charge in [0.15, 0.2) is 0 Å². The monoisotopic (exact) mass is 359 g/mol. The van der Waals surface area contributed by atoms with Crippen molar-refractivity contribution in [1.29, 1.82) is 0 Å². The number of amides is 2. The molecular formula is C14H8NO3SY-. The molecule has 6 heteroatoms. The summed E-state index contributed by atoms with van der Waals surface area (Å²) in [7, 11) is 0. The number of hydrogen-bond acceptors (Lipinski definition) is 4. The van der Waals surface area contributed by atoms with Crippen molar-refractivity contribution >= 4 is 29.0 Å². The van der Waals surface area contributed by atoms with Gasteiger partial charge in [0.2, 0.25) is 0 Å².